The molecule has 3 nitrogen and oxygen atoms in total. The topological polar surface area (TPSA) is 44.5 Å². The Morgan fingerprint density at radius 2 is 1.83 bits per heavy atom. The lowest BCUT2D eigenvalue weighted by atomic mass is 10.1. The number of ether oxygens (including phenoxy) is 2. The van der Waals surface area contributed by atoms with Gasteiger partial charge in [-0.2, -0.15) is 0 Å². The molecule has 1 rings (SSSR count). The molecule has 0 spiro atoms. The Balaban J connectivity index is 2.99. The van der Waals surface area contributed by atoms with Gasteiger partial charge in [-0.25, -0.2) is 0 Å². The predicted molar refractivity (Wildman–Crippen MR) is 78.9 cm³/mol. The minimum Gasteiger partial charge on any atom is -0.493 e. The van der Waals surface area contributed by atoms with Crippen LogP contribution in [-0.2, 0) is 6.42 Å². The van der Waals surface area contributed by atoms with Crippen molar-refractivity contribution in [2.45, 2.75) is 26.7 Å². The smallest absolute Gasteiger partial charge is 0.141 e. The van der Waals surface area contributed by atoms with E-state index in [2.05, 4.69) is 0 Å². The first-order chi connectivity index (χ1) is 8.58. The van der Waals surface area contributed by atoms with E-state index in [-0.39, 0.29) is 0 Å². The summed E-state index contributed by atoms with van der Waals surface area (Å²) in [7, 11) is 0. The van der Waals surface area contributed by atoms with Gasteiger partial charge in [0.2, 0.25) is 0 Å². The standard InChI is InChI=1S/C13H18ClNO2S/c1-3-16-11-8-12(17-4-2)10(14)7-9(11)5-6-13(15)18/h7-8H,3-6H2,1-2H3,(H2,15,18). The summed E-state index contributed by atoms with van der Waals surface area (Å²) < 4.78 is 11.0. The van der Waals surface area contributed by atoms with Crippen LogP contribution in [0.25, 0.3) is 0 Å². The highest BCUT2D eigenvalue weighted by atomic mass is 35.5. The van der Waals surface area contributed by atoms with E-state index in [1.807, 2.05) is 26.0 Å². The van der Waals surface area contributed by atoms with E-state index in [1.165, 1.54) is 0 Å². The molecule has 0 amide bonds. The van der Waals surface area contributed by atoms with Crippen molar-refractivity contribution in [3.05, 3.63) is 22.7 Å². The zero-order valence-electron chi connectivity index (χ0n) is 10.7. The highest BCUT2D eigenvalue weighted by Gasteiger charge is 2.11. The fourth-order valence-corrected chi connectivity index (χ4v) is 1.93. The highest BCUT2D eigenvalue weighted by molar-refractivity contribution is 7.80. The Hall–Kier alpha value is -1.00. The first-order valence-electron chi connectivity index (χ1n) is 5.94. The average molecular weight is 288 g/mol. The molecule has 1 aromatic rings. The van der Waals surface area contributed by atoms with E-state index in [4.69, 9.17) is 39.0 Å². The quantitative estimate of drug-likeness (QED) is 0.781. The molecule has 5 heteroatoms. The lowest BCUT2D eigenvalue weighted by Gasteiger charge is -2.14. The molecule has 18 heavy (non-hydrogen) atoms. The molecule has 0 saturated heterocycles. The normalized spacial score (nSPS) is 10.2. The summed E-state index contributed by atoms with van der Waals surface area (Å²) in [5.41, 5.74) is 6.51. The van der Waals surface area contributed by atoms with Crippen LogP contribution in [0.1, 0.15) is 25.8 Å². The molecule has 2 N–H and O–H groups in total. The lowest BCUT2D eigenvalue weighted by Crippen LogP contribution is -2.09. The number of halogens is 1. The van der Waals surface area contributed by atoms with Crippen LogP contribution in [-0.4, -0.2) is 18.2 Å². The van der Waals surface area contributed by atoms with Gasteiger partial charge in [-0.05, 0) is 31.9 Å². The molecule has 0 aliphatic heterocycles. The van der Waals surface area contributed by atoms with Gasteiger partial charge < -0.3 is 15.2 Å². The van der Waals surface area contributed by atoms with E-state index in [0.717, 1.165) is 17.7 Å². The summed E-state index contributed by atoms with van der Waals surface area (Å²) in [5.74, 6) is 1.42. The molecule has 0 radical (unpaired) electrons. The van der Waals surface area contributed by atoms with E-state index >= 15 is 0 Å². The van der Waals surface area contributed by atoms with Crippen molar-refractivity contribution in [1.29, 1.82) is 0 Å². The highest BCUT2D eigenvalue weighted by Crippen LogP contribution is 2.33. The van der Waals surface area contributed by atoms with Crippen LogP contribution in [0, 0.1) is 0 Å². The average Bonchev–Trinajstić information content (AvgIpc) is 2.31. The van der Waals surface area contributed by atoms with Crippen molar-refractivity contribution < 1.29 is 9.47 Å². The second-order valence-electron chi connectivity index (χ2n) is 3.72. The van der Waals surface area contributed by atoms with Crippen molar-refractivity contribution >= 4 is 28.8 Å². The molecule has 0 bridgehead atoms. The number of nitrogens with two attached hydrogens (primary N) is 1. The van der Waals surface area contributed by atoms with Gasteiger partial charge in [0.15, 0.2) is 0 Å². The van der Waals surface area contributed by atoms with Crippen molar-refractivity contribution in [3.8, 4) is 11.5 Å². The molecule has 0 saturated carbocycles. The maximum absolute atomic E-state index is 6.15. The van der Waals surface area contributed by atoms with Crippen molar-refractivity contribution in [1.82, 2.24) is 0 Å². The number of benzene rings is 1. The molecular weight excluding hydrogens is 270 g/mol. The molecule has 0 fully saturated rings. The molecule has 0 aliphatic carbocycles. The largest absolute Gasteiger partial charge is 0.493 e. The summed E-state index contributed by atoms with van der Waals surface area (Å²) >= 11 is 11.0. The molecule has 0 aromatic heterocycles. The zero-order chi connectivity index (χ0) is 13.5. The molecular formula is C13H18ClNO2S. The SMILES string of the molecule is CCOc1cc(OCC)c(CCC(N)=S)cc1Cl. The van der Waals surface area contributed by atoms with Crippen LogP contribution >= 0.6 is 23.8 Å². The third-order valence-electron chi connectivity index (χ3n) is 2.36. The van der Waals surface area contributed by atoms with Crippen LogP contribution in [0.15, 0.2) is 12.1 Å². The fraction of sp³-hybridized carbons (Fsp3) is 0.462. The van der Waals surface area contributed by atoms with E-state index < -0.39 is 0 Å². The van der Waals surface area contributed by atoms with Gasteiger partial charge in [0.1, 0.15) is 11.5 Å². The molecule has 0 aliphatic rings. The van der Waals surface area contributed by atoms with Gasteiger partial charge in [-0.3, -0.25) is 0 Å². The number of hydrogen-bond acceptors (Lipinski definition) is 3. The van der Waals surface area contributed by atoms with Crippen LogP contribution in [0.5, 0.6) is 11.5 Å². The predicted octanol–water partition coefficient (Wildman–Crippen LogP) is 3.36. The Morgan fingerprint density at radius 1 is 1.22 bits per heavy atom. The summed E-state index contributed by atoms with van der Waals surface area (Å²) in [6.45, 7) is 5.01. The number of aryl methyl sites for hydroxylation is 1. The second-order valence-corrected chi connectivity index (χ2v) is 4.65. The summed E-state index contributed by atoms with van der Waals surface area (Å²) in [4.78, 5) is 0.488. The van der Waals surface area contributed by atoms with E-state index in [9.17, 15) is 0 Å². The Morgan fingerprint density at radius 3 is 2.39 bits per heavy atom. The maximum atomic E-state index is 6.15. The third-order valence-corrected chi connectivity index (χ3v) is 2.85. The molecule has 0 heterocycles. The lowest BCUT2D eigenvalue weighted by molar-refractivity contribution is 0.321. The summed E-state index contributed by atoms with van der Waals surface area (Å²) in [6, 6.07) is 3.68. The van der Waals surface area contributed by atoms with Gasteiger partial charge in [-0.15, -0.1) is 0 Å². The molecule has 100 valence electrons. The summed E-state index contributed by atoms with van der Waals surface area (Å²) in [6.07, 6.45) is 1.36. The van der Waals surface area contributed by atoms with Gasteiger partial charge in [0.05, 0.1) is 23.2 Å². The Labute approximate surface area is 118 Å². The van der Waals surface area contributed by atoms with E-state index in [0.29, 0.717) is 35.4 Å². The first-order valence-corrected chi connectivity index (χ1v) is 6.73. The number of hydrogen-bond donors (Lipinski definition) is 1. The fourth-order valence-electron chi connectivity index (χ4n) is 1.59. The monoisotopic (exact) mass is 287 g/mol. The number of thiocarbonyl (C=S) groups is 1. The molecule has 0 atom stereocenters. The van der Waals surface area contributed by atoms with Gasteiger partial charge in [-0.1, -0.05) is 23.8 Å². The van der Waals surface area contributed by atoms with Crippen LogP contribution < -0.4 is 15.2 Å². The van der Waals surface area contributed by atoms with E-state index in [1.54, 1.807) is 0 Å². The maximum Gasteiger partial charge on any atom is 0.141 e. The van der Waals surface area contributed by atoms with Crippen LogP contribution in [0.4, 0.5) is 0 Å². The van der Waals surface area contributed by atoms with Crippen molar-refractivity contribution in [2.24, 2.45) is 5.73 Å². The number of rotatable bonds is 7. The van der Waals surface area contributed by atoms with Crippen LogP contribution in [0.2, 0.25) is 5.02 Å². The third kappa shape index (κ3) is 4.35. The minimum absolute atomic E-state index is 0.488. The van der Waals surface area contributed by atoms with Gasteiger partial charge in [0.25, 0.3) is 0 Å². The first kappa shape index (κ1) is 15.1. The molecule has 1 aromatic carbocycles. The van der Waals surface area contributed by atoms with Crippen molar-refractivity contribution in [3.63, 3.8) is 0 Å². The minimum atomic E-state index is 0.488. The Bertz CT molecular complexity index is 424. The zero-order valence-corrected chi connectivity index (χ0v) is 12.2. The van der Waals surface area contributed by atoms with Gasteiger partial charge >= 0.3 is 0 Å². The van der Waals surface area contributed by atoms with Gasteiger partial charge in [0, 0.05) is 12.5 Å². The van der Waals surface area contributed by atoms with Crippen molar-refractivity contribution in [2.75, 3.05) is 13.2 Å². The Kier molecular flexibility index (Phi) is 6.22. The second kappa shape index (κ2) is 7.44. The molecule has 0 unspecified atom stereocenters. The van der Waals surface area contributed by atoms with Crippen LogP contribution in [0.3, 0.4) is 0 Å². The summed E-state index contributed by atoms with van der Waals surface area (Å²) in [5, 5.41) is 0.582.